The second kappa shape index (κ2) is 12.9. The quantitative estimate of drug-likeness (QED) is 0.533. The summed E-state index contributed by atoms with van der Waals surface area (Å²) in [6, 6.07) is 0. The van der Waals surface area contributed by atoms with Crippen molar-refractivity contribution in [2.75, 3.05) is 11.5 Å². The summed E-state index contributed by atoms with van der Waals surface area (Å²) in [7, 11) is 0. The summed E-state index contributed by atoms with van der Waals surface area (Å²) in [4.78, 5) is 10.4. The van der Waals surface area contributed by atoms with Crippen molar-refractivity contribution in [1.82, 2.24) is 0 Å². The van der Waals surface area contributed by atoms with Crippen LogP contribution in [-0.4, -0.2) is 17.4 Å². The second-order valence-corrected chi connectivity index (χ2v) is 5.31. The lowest BCUT2D eigenvalue weighted by atomic mass is 10.1. The van der Waals surface area contributed by atoms with Gasteiger partial charge >= 0.3 is 0 Å². The van der Waals surface area contributed by atoms with E-state index in [4.69, 9.17) is 5.73 Å². The Morgan fingerprint density at radius 3 is 2.19 bits per heavy atom. The first-order valence-corrected chi connectivity index (χ1v) is 7.63. The molecule has 16 heavy (non-hydrogen) atoms. The van der Waals surface area contributed by atoms with Gasteiger partial charge in [0.05, 0.1) is 6.42 Å². The van der Waals surface area contributed by atoms with E-state index in [-0.39, 0.29) is 5.91 Å². The van der Waals surface area contributed by atoms with Gasteiger partial charge in [0, 0.05) is 5.75 Å². The summed E-state index contributed by atoms with van der Waals surface area (Å²) < 4.78 is 0. The van der Waals surface area contributed by atoms with Gasteiger partial charge in [0.2, 0.25) is 5.91 Å². The highest BCUT2D eigenvalue weighted by Crippen LogP contribution is 2.11. The summed E-state index contributed by atoms with van der Waals surface area (Å²) in [5, 5.41) is 0. The molecule has 0 aliphatic carbocycles. The Balaban J connectivity index is 2.90. The minimum absolute atomic E-state index is 0.302. The van der Waals surface area contributed by atoms with Crippen molar-refractivity contribution < 1.29 is 4.79 Å². The number of carbonyl (C=O) groups is 1. The standard InChI is InChI=1S/C13H26NOS/c1-2-3-4-5-6-7-8-9-11-16-12-10-13(14)15/h10H,2-9,11-12H2,1H3,(H2,14,15). The molecule has 0 atom stereocenters. The Kier molecular flexibility index (Phi) is 12.7. The topological polar surface area (TPSA) is 43.1 Å². The third kappa shape index (κ3) is 13.8. The molecule has 1 radical (unpaired) electrons. The van der Waals surface area contributed by atoms with Crippen LogP contribution in [0.5, 0.6) is 0 Å². The van der Waals surface area contributed by atoms with Crippen molar-refractivity contribution in [2.45, 2.75) is 58.3 Å². The van der Waals surface area contributed by atoms with Crippen molar-refractivity contribution in [1.29, 1.82) is 0 Å². The molecule has 0 aliphatic heterocycles. The summed E-state index contributed by atoms with van der Waals surface area (Å²) in [6.07, 6.45) is 12.4. The number of primary amides is 1. The zero-order chi connectivity index (χ0) is 12.1. The van der Waals surface area contributed by atoms with E-state index in [1.54, 1.807) is 18.2 Å². The summed E-state index contributed by atoms with van der Waals surface area (Å²) in [5.41, 5.74) is 5.00. The first kappa shape index (κ1) is 15.8. The number of rotatable bonds is 12. The number of hydrogen-bond acceptors (Lipinski definition) is 2. The average Bonchev–Trinajstić information content (AvgIpc) is 2.25. The van der Waals surface area contributed by atoms with Crippen molar-refractivity contribution in [2.24, 2.45) is 5.73 Å². The highest BCUT2D eigenvalue weighted by molar-refractivity contribution is 7.99. The van der Waals surface area contributed by atoms with Crippen molar-refractivity contribution in [3.8, 4) is 0 Å². The number of hydrogen-bond donors (Lipinski definition) is 1. The average molecular weight is 244 g/mol. The summed E-state index contributed by atoms with van der Waals surface area (Å²) in [5.74, 6) is 1.62. The molecule has 3 heteroatoms. The van der Waals surface area contributed by atoms with Crippen LogP contribution in [0.2, 0.25) is 0 Å². The Hall–Kier alpha value is -0.180. The maximum atomic E-state index is 10.4. The van der Waals surface area contributed by atoms with E-state index in [1.807, 2.05) is 0 Å². The van der Waals surface area contributed by atoms with E-state index < -0.39 is 0 Å². The highest BCUT2D eigenvalue weighted by Gasteiger charge is 1.95. The molecule has 0 heterocycles. The normalized spacial score (nSPS) is 10.6. The van der Waals surface area contributed by atoms with E-state index in [1.165, 1.54) is 51.4 Å². The molecular weight excluding hydrogens is 218 g/mol. The summed E-state index contributed by atoms with van der Waals surface area (Å²) in [6.45, 7) is 2.25. The lowest BCUT2D eigenvalue weighted by molar-refractivity contribution is -0.114. The third-order valence-electron chi connectivity index (χ3n) is 2.54. The van der Waals surface area contributed by atoms with Gasteiger partial charge in [0.1, 0.15) is 0 Å². The molecule has 0 aromatic rings. The van der Waals surface area contributed by atoms with Crippen LogP contribution >= 0.6 is 11.8 Å². The SMILES string of the molecule is CCCCCCCCCCSC[CH]C(N)=O. The maximum absolute atomic E-state index is 10.4. The molecule has 0 saturated carbocycles. The van der Waals surface area contributed by atoms with E-state index in [2.05, 4.69) is 6.92 Å². The molecule has 0 saturated heterocycles. The Morgan fingerprint density at radius 2 is 1.62 bits per heavy atom. The van der Waals surface area contributed by atoms with Gasteiger partial charge in [0.25, 0.3) is 0 Å². The van der Waals surface area contributed by atoms with Crippen LogP contribution in [-0.2, 0) is 4.79 Å². The highest BCUT2D eigenvalue weighted by atomic mass is 32.2. The lowest BCUT2D eigenvalue weighted by Crippen LogP contribution is -2.12. The fraction of sp³-hybridized carbons (Fsp3) is 0.846. The van der Waals surface area contributed by atoms with E-state index >= 15 is 0 Å². The van der Waals surface area contributed by atoms with Gasteiger partial charge in [-0.05, 0) is 12.2 Å². The van der Waals surface area contributed by atoms with Crippen molar-refractivity contribution in [3.63, 3.8) is 0 Å². The van der Waals surface area contributed by atoms with Gasteiger partial charge in [-0.15, -0.1) is 0 Å². The molecule has 0 bridgehead atoms. The predicted octanol–water partition coefficient (Wildman–Crippen LogP) is 3.55. The smallest absolute Gasteiger partial charge is 0.222 e. The van der Waals surface area contributed by atoms with Gasteiger partial charge in [-0.2, -0.15) is 11.8 Å². The number of thioether (sulfide) groups is 1. The zero-order valence-corrected chi connectivity index (χ0v) is 11.4. The first-order valence-electron chi connectivity index (χ1n) is 6.47. The number of nitrogens with two attached hydrogens (primary N) is 1. The van der Waals surface area contributed by atoms with Gasteiger partial charge in [-0.1, -0.05) is 51.9 Å². The van der Waals surface area contributed by atoms with E-state index in [0.29, 0.717) is 0 Å². The van der Waals surface area contributed by atoms with Crippen molar-refractivity contribution in [3.05, 3.63) is 6.42 Å². The monoisotopic (exact) mass is 244 g/mol. The first-order chi connectivity index (χ1) is 7.77. The minimum Gasteiger partial charge on any atom is -0.369 e. The van der Waals surface area contributed by atoms with Crippen LogP contribution in [0.1, 0.15) is 58.3 Å². The van der Waals surface area contributed by atoms with Gasteiger partial charge in [0.15, 0.2) is 0 Å². The van der Waals surface area contributed by atoms with Gasteiger partial charge in [-0.25, -0.2) is 0 Å². The van der Waals surface area contributed by atoms with Crippen LogP contribution in [0.3, 0.4) is 0 Å². The molecule has 2 nitrogen and oxygen atoms in total. The van der Waals surface area contributed by atoms with Gasteiger partial charge in [-0.3, -0.25) is 4.79 Å². The third-order valence-corrected chi connectivity index (χ3v) is 3.52. The molecular formula is C13H26NOS. The molecule has 0 fully saturated rings. The molecule has 0 aromatic heterocycles. The molecule has 95 valence electrons. The van der Waals surface area contributed by atoms with Crippen LogP contribution in [0.15, 0.2) is 0 Å². The van der Waals surface area contributed by atoms with Crippen molar-refractivity contribution >= 4 is 17.7 Å². The molecule has 0 aromatic carbocycles. The predicted molar refractivity (Wildman–Crippen MR) is 73.4 cm³/mol. The van der Waals surface area contributed by atoms with Crippen LogP contribution in [0.4, 0.5) is 0 Å². The largest absolute Gasteiger partial charge is 0.369 e. The Labute approximate surface area is 105 Å². The zero-order valence-electron chi connectivity index (χ0n) is 10.5. The van der Waals surface area contributed by atoms with E-state index in [0.717, 1.165) is 11.5 Å². The number of carbonyl (C=O) groups excluding carboxylic acids is 1. The number of unbranched alkanes of at least 4 members (excludes halogenated alkanes) is 7. The summed E-state index contributed by atoms with van der Waals surface area (Å²) >= 11 is 1.80. The Morgan fingerprint density at radius 1 is 1.06 bits per heavy atom. The molecule has 0 spiro atoms. The molecule has 0 unspecified atom stereocenters. The van der Waals surface area contributed by atoms with Crippen LogP contribution < -0.4 is 5.73 Å². The molecule has 0 aliphatic rings. The van der Waals surface area contributed by atoms with Crippen LogP contribution in [0.25, 0.3) is 0 Å². The lowest BCUT2D eigenvalue weighted by Gasteiger charge is -2.01. The maximum Gasteiger partial charge on any atom is 0.222 e. The number of amides is 1. The fourth-order valence-electron chi connectivity index (χ4n) is 1.56. The molecule has 2 N–H and O–H groups in total. The minimum atomic E-state index is -0.302. The second-order valence-electron chi connectivity index (χ2n) is 4.16. The van der Waals surface area contributed by atoms with Crippen LogP contribution in [0, 0.1) is 6.42 Å². The Bertz CT molecular complexity index is 162. The van der Waals surface area contributed by atoms with Gasteiger partial charge < -0.3 is 5.73 Å². The molecule has 0 rings (SSSR count). The molecule has 1 amide bonds. The fourth-order valence-corrected chi connectivity index (χ4v) is 2.42. The van der Waals surface area contributed by atoms with E-state index in [9.17, 15) is 4.79 Å².